The third kappa shape index (κ3) is 3.03. The Labute approximate surface area is 99.4 Å². The highest BCUT2D eigenvalue weighted by molar-refractivity contribution is 9.10. The summed E-state index contributed by atoms with van der Waals surface area (Å²) in [4.78, 5) is 0. The van der Waals surface area contributed by atoms with Crippen molar-refractivity contribution in [3.8, 4) is 0 Å². The van der Waals surface area contributed by atoms with Gasteiger partial charge in [-0.05, 0) is 30.5 Å². The SMILES string of the molecule is NC(CNC1CCC1)c1ccc(Br)cc1. The monoisotopic (exact) mass is 268 g/mol. The zero-order valence-electron chi connectivity index (χ0n) is 8.75. The lowest BCUT2D eigenvalue weighted by Crippen LogP contribution is -2.39. The highest BCUT2D eigenvalue weighted by Gasteiger charge is 2.17. The average molecular weight is 269 g/mol. The van der Waals surface area contributed by atoms with Gasteiger partial charge in [0.25, 0.3) is 0 Å². The van der Waals surface area contributed by atoms with E-state index < -0.39 is 0 Å². The topological polar surface area (TPSA) is 38.0 Å². The smallest absolute Gasteiger partial charge is 0.0421 e. The maximum Gasteiger partial charge on any atom is 0.0421 e. The Balaban J connectivity index is 1.83. The third-order valence-corrected chi connectivity index (χ3v) is 3.56. The van der Waals surface area contributed by atoms with Crippen LogP contribution < -0.4 is 11.1 Å². The van der Waals surface area contributed by atoms with Gasteiger partial charge in [-0.25, -0.2) is 0 Å². The van der Waals surface area contributed by atoms with Crippen molar-refractivity contribution in [3.05, 3.63) is 34.3 Å². The molecular weight excluding hydrogens is 252 g/mol. The number of nitrogens with two attached hydrogens (primary N) is 1. The Hall–Kier alpha value is -0.380. The molecule has 1 fully saturated rings. The molecule has 0 spiro atoms. The molecule has 0 radical (unpaired) electrons. The van der Waals surface area contributed by atoms with Gasteiger partial charge in [0.2, 0.25) is 0 Å². The molecule has 1 atom stereocenters. The second-order valence-corrected chi connectivity index (χ2v) is 5.11. The maximum atomic E-state index is 6.09. The van der Waals surface area contributed by atoms with Crippen molar-refractivity contribution >= 4 is 15.9 Å². The van der Waals surface area contributed by atoms with E-state index in [0.717, 1.165) is 11.0 Å². The molecule has 15 heavy (non-hydrogen) atoms. The molecule has 0 saturated heterocycles. The van der Waals surface area contributed by atoms with Gasteiger partial charge in [-0.2, -0.15) is 0 Å². The minimum Gasteiger partial charge on any atom is -0.323 e. The Morgan fingerprint density at radius 1 is 1.33 bits per heavy atom. The molecule has 1 aromatic carbocycles. The molecule has 0 bridgehead atoms. The molecule has 1 aliphatic carbocycles. The first kappa shape index (κ1) is 11.1. The van der Waals surface area contributed by atoms with Crippen molar-refractivity contribution in [1.29, 1.82) is 0 Å². The molecule has 0 aliphatic heterocycles. The van der Waals surface area contributed by atoms with Gasteiger partial charge in [0, 0.05) is 23.1 Å². The molecule has 0 aromatic heterocycles. The predicted octanol–water partition coefficient (Wildman–Crippen LogP) is 2.59. The molecule has 82 valence electrons. The van der Waals surface area contributed by atoms with Crippen molar-refractivity contribution in [2.24, 2.45) is 5.73 Å². The fourth-order valence-electron chi connectivity index (χ4n) is 1.73. The normalized spacial score (nSPS) is 18.5. The van der Waals surface area contributed by atoms with Gasteiger partial charge in [-0.15, -0.1) is 0 Å². The lowest BCUT2D eigenvalue weighted by molar-refractivity contribution is 0.333. The van der Waals surface area contributed by atoms with Crippen LogP contribution in [-0.4, -0.2) is 12.6 Å². The van der Waals surface area contributed by atoms with E-state index >= 15 is 0 Å². The van der Waals surface area contributed by atoms with Crippen LogP contribution in [0, 0.1) is 0 Å². The van der Waals surface area contributed by atoms with Gasteiger partial charge >= 0.3 is 0 Å². The van der Waals surface area contributed by atoms with E-state index in [1.165, 1.54) is 24.8 Å². The van der Waals surface area contributed by atoms with E-state index in [0.29, 0.717) is 6.04 Å². The number of halogens is 1. The van der Waals surface area contributed by atoms with Crippen molar-refractivity contribution in [1.82, 2.24) is 5.32 Å². The number of rotatable bonds is 4. The van der Waals surface area contributed by atoms with Gasteiger partial charge in [0.05, 0.1) is 0 Å². The van der Waals surface area contributed by atoms with Crippen molar-refractivity contribution < 1.29 is 0 Å². The lowest BCUT2D eigenvalue weighted by atomic mass is 9.93. The van der Waals surface area contributed by atoms with Crippen molar-refractivity contribution in [3.63, 3.8) is 0 Å². The van der Waals surface area contributed by atoms with Crippen LogP contribution in [0.1, 0.15) is 30.9 Å². The number of nitrogens with one attached hydrogen (secondary N) is 1. The van der Waals surface area contributed by atoms with Gasteiger partial charge < -0.3 is 11.1 Å². The van der Waals surface area contributed by atoms with Crippen LogP contribution in [0.5, 0.6) is 0 Å². The van der Waals surface area contributed by atoms with E-state index in [-0.39, 0.29) is 6.04 Å². The van der Waals surface area contributed by atoms with E-state index in [1.807, 2.05) is 12.1 Å². The van der Waals surface area contributed by atoms with Gasteiger partial charge in [0.15, 0.2) is 0 Å². The van der Waals surface area contributed by atoms with Crippen LogP contribution >= 0.6 is 15.9 Å². The van der Waals surface area contributed by atoms with Crippen LogP contribution in [0.3, 0.4) is 0 Å². The minimum atomic E-state index is 0.110. The molecule has 1 aromatic rings. The maximum absolute atomic E-state index is 6.09. The molecule has 1 saturated carbocycles. The quantitative estimate of drug-likeness (QED) is 0.881. The van der Waals surface area contributed by atoms with E-state index in [1.54, 1.807) is 0 Å². The van der Waals surface area contributed by atoms with Gasteiger partial charge in [-0.3, -0.25) is 0 Å². The van der Waals surface area contributed by atoms with Crippen LogP contribution in [-0.2, 0) is 0 Å². The Kier molecular flexibility index (Phi) is 3.78. The summed E-state index contributed by atoms with van der Waals surface area (Å²) in [5, 5.41) is 3.50. The zero-order valence-corrected chi connectivity index (χ0v) is 10.3. The summed E-state index contributed by atoms with van der Waals surface area (Å²) in [6.07, 6.45) is 3.99. The van der Waals surface area contributed by atoms with Crippen LogP contribution in [0.4, 0.5) is 0 Å². The van der Waals surface area contributed by atoms with Gasteiger partial charge in [-0.1, -0.05) is 34.5 Å². The number of benzene rings is 1. The summed E-state index contributed by atoms with van der Waals surface area (Å²) < 4.78 is 1.10. The molecule has 0 amide bonds. The summed E-state index contributed by atoms with van der Waals surface area (Å²) in [7, 11) is 0. The molecular formula is C12H17BrN2. The molecule has 3 heteroatoms. The van der Waals surface area contributed by atoms with Crippen molar-refractivity contribution in [2.75, 3.05) is 6.54 Å². The average Bonchev–Trinajstić information content (AvgIpc) is 2.16. The fraction of sp³-hybridized carbons (Fsp3) is 0.500. The molecule has 1 aliphatic rings. The van der Waals surface area contributed by atoms with Crippen LogP contribution in [0.15, 0.2) is 28.7 Å². The number of hydrogen-bond donors (Lipinski definition) is 2. The lowest BCUT2D eigenvalue weighted by Gasteiger charge is -2.28. The summed E-state index contributed by atoms with van der Waals surface area (Å²) >= 11 is 3.42. The van der Waals surface area contributed by atoms with Crippen LogP contribution in [0.25, 0.3) is 0 Å². The standard InChI is InChI=1S/C12H17BrN2/c13-10-6-4-9(5-7-10)12(14)8-15-11-2-1-3-11/h4-7,11-12,15H,1-3,8,14H2. The first-order chi connectivity index (χ1) is 7.25. The minimum absolute atomic E-state index is 0.110. The second kappa shape index (κ2) is 5.10. The zero-order chi connectivity index (χ0) is 10.7. The number of hydrogen-bond acceptors (Lipinski definition) is 2. The Morgan fingerprint density at radius 3 is 2.53 bits per heavy atom. The molecule has 2 rings (SSSR count). The third-order valence-electron chi connectivity index (χ3n) is 3.03. The van der Waals surface area contributed by atoms with Crippen molar-refractivity contribution in [2.45, 2.75) is 31.3 Å². The highest BCUT2D eigenvalue weighted by atomic mass is 79.9. The summed E-state index contributed by atoms with van der Waals surface area (Å²) in [6.45, 7) is 0.881. The molecule has 0 heterocycles. The molecule has 1 unspecified atom stereocenters. The first-order valence-electron chi connectivity index (χ1n) is 5.50. The van der Waals surface area contributed by atoms with Gasteiger partial charge in [0.1, 0.15) is 0 Å². The Bertz CT molecular complexity index is 306. The molecule has 2 nitrogen and oxygen atoms in total. The van der Waals surface area contributed by atoms with E-state index in [4.69, 9.17) is 5.73 Å². The Morgan fingerprint density at radius 2 is 2.00 bits per heavy atom. The van der Waals surface area contributed by atoms with E-state index in [9.17, 15) is 0 Å². The summed E-state index contributed by atoms with van der Waals surface area (Å²) in [5.74, 6) is 0. The first-order valence-corrected chi connectivity index (χ1v) is 6.29. The molecule has 3 N–H and O–H groups in total. The predicted molar refractivity (Wildman–Crippen MR) is 66.7 cm³/mol. The highest BCUT2D eigenvalue weighted by Crippen LogP contribution is 2.19. The largest absolute Gasteiger partial charge is 0.323 e. The fourth-order valence-corrected chi connectivity index (χ4v) is 2.00. The van der Waals surface area contributed by atoms with E-state index in [2.05, 4.69) is 33.4 Å². The second-order valence-electron chi connectivity index (χ2n) is 4.19. The summed E-state index contributed by atoms with van der Waals surface area (Å²) in [5.41, 5.74) is 7.29. The van der Waals surface area contributed by atoms with Crippen LogP contribution in [0.2, 0.25) is 0 Å². The summed E-state index contributed by atoms with van der Waals surface area (Å²) in [6, 6.07) is 9.07.